The van der Waals surface area contributed by atoms with Crippen LogP contribution in [-0.4, -0.2) is 53.4 Å². The van der Waals surface area contributed by atoms with Gasteiger partial charge >= 0.3 is 5.97 Å². The Morgan fingerprint density at radius 2 is 1.74 bits per heavy atom. The third-order valence-corrected chi connectivity index (χ3v) is 5.62. The molecular weight excluding hydrogens is 443 g/mol. The Kier molecular flexibility index (Phi) is 6.87. The minimum absolute atomic E-state index is 0.0199. The predicted molar refractivity (Wildman–Crippen MR) is 116 cm³/mol. The maximum Gasteiger partial charge on any atom is 0.337 e. The van der Waals surface area contributed by atoms with Gasteiger partial charge in [-0.3, -0.25) is 9.59 Å². The van der Waals surface area contributed by atoms with E-state index in [0.29, 0.717) is 15.6 Å². The Balaban J connectivity index is 1.67. The molecule has 1 aliphatic rings. The minimum Gasteiger partial charge on any atom is -0.503 e. The van der Waals surface area contributed by atoms with Crippen molar-refractivity contribution < 1.29 is 24.2 Å². The molecule has 0 aromatic heterocycles. The maximum absolute atomic E-state index is 12.8. The largest absolute Gasteiger partial charge is 0.503 e. The van der Waals surface area contributed by atoms with E-state index < -0.39 is 23.5 Å². The third-order valence-electron chi connectivity index (χ3n) is 4.88. The molecule has 0 fully saturated rings. The van der Waals surface area contributed by atoms with E-state index in [-0.39, 0.29) is 25.2 Å². The highest BCUT2D eigenvalue weighted by Crippen LogP contribution is 2.25. The van der Waals surface area contributed by atoms with Gasteiger partial charge in [0.2, 0.25) is 0 Å². The van der Waals surface area contributed by atoms with Gasteiger partial charge in [0.05, 0.1) is 34.8 Å². The molecule has 9 heteroatoms. The number of rotatable bonds is 6. The molecule has 0 spiro atoms. The quantitative estimate of drug-likeness (QED) is 0.662. The Hall–Kier alpha value is -3.03. The zero-order valence-electron chi connectivity index (χ0n) is 16.9. The second-order valence-corrected chi connectivity index (χ2v) is 7.90. The van der Waals surface area contributed by atoms with Crippen LogP contribution in [0.15, 0.2) is 53.8 Å². The number of carbonyl (C=O) groups is 3. The number of benzene rings is 2. The van der Waals surface area contributed by atoms with Crippen LogP contribution in [0.4, 0.5) is 0 Å². The van der Waals surface area contributed by atoms with Crippen molar-refractivity contribution in [1.29, 1.82) is 0 Å². The van der Waals surface area contributed by atoms with Crippen molar-refractivity contribution in [3.8, 4) is 0 Å². The molecule has 2 amide bonds. The summed E-state index contributed by atoms with van der Waals surface area (Å²) < 4.78 is 4.66. The molecule has 0 saturated heterocycles. The first-order valence-electron chi connectivity index (χ1n) is 9.29. The average molecular weight is 463 g/mol. The molecule has 3 rings (SSSR count). The van der Waals surface area contributed by atoms with Gasteiger partial charge in [0.25, 0.3) is 11.8 Å². The van der Waals surface area contributed by atoms with Crippen LogP contribution in [0.3, 0.4) is 0 Å². The lowest BCUT2D eigenvalue weighted by Crippen LogP contribution is -2.31. The number of methoxy groups -OCH3 is 1. The standard InChI is InChI=1S/C22H20Cl2N2O5/c1-25(10-14-5-8-17(23)18(24)9-14)20(28)16-12-26(21(29)19(16)27)11-13-3-6-15(7-4-13)22(30)31-2/h3-9,27H,10-12H2,1-2H3. The summed E-state index contributed by atoms with van der Waals surface area (Å²) in [7, 11) is 2.87. The fourth-order valence-electron chi connectivity index (χ4n) is 3.21. The number of nitrogens with zero attached hydrogens (tertiary/aromatic N) is 2. The molecule has 7 nitrogen and oxygen atoms in total. The Morgan fingerprint density at radius 3 is 2.35 bits per heavy atom. The second kappa shape index (κ2) is 9.41. The number of aliphatic hydroxyl groups excluding tert-OH is 1. The van der Waals surface area contributed by atoms with E-state index in [1.165, 1.54) is 16.9 Å². The number of hydrogen-bond donors (Lipinski definition) is 1. The van der Waals surface area contributed by atoms with Gasteiger partial charge in [0.1, 0.15) is 0 Å². The highest BCUT2D eigenvalue weighted by molar-refractivity contribution is 6.42. The Morgan fingerprint density at radius 1 is 1.10 bits per heavy atom. The summed E-state index contributed by atoms with van der Waals surface area (Å²) >= 11 is 11.9. The number of aliphatic hydroxyl groups is 1. The van der Waals surface area contributed by atoms with Crippen LogP contribution >= 0.6 is 23.2 Å². The molecule has 0 unspecified atom stereocenters. The lowest BCUT2D eigenvalue weighted by molar-refractivity contribution is -0.128. The van der Waals surface area contributed by atoms with Gasteiger partial charge in [0, 0.05) is 20.1 Å². The number of ether oxygens (including phenoxy) is 1. The first kappa shape index (κ1) is 22.7. The summed E-state index contributed by atoms with van der Waals surface area (Å²) in [5.74, 6) is -2.10. The van der Waals surface area contributed by atoms with E-state index in [4.69, 9.17) is 23.2 Å². The molecule has 2 aromatic rings. The number of esters is 1. The van der Waals surface area contributed by atoms with Gasteiger partial charge in [-0.05, 0) is 35.4 Å². The van der Waals surface area contributed by atoms with Crippen LogP contribution in [0, 0.1) is 0 Å². The Labute approximate surface area is 189 Å². The summed E-state index contributed by atoms with van der Waals surface area (Å²) in [5, 5.41) is 11.1. The van der Waals surface area contributed by atoms with Crippen molar-refractivity contribution in [3.63, 3.8) is 0 Å². The molecular formula is C22H20Cl2N2O5. The highest BCUT2D eigenvalue weighted by atomic mass is 35.5. The number of likely N-dealkylation sites (N-methyl/N-ethyl adjacent to an activating group) is 1. The molecule has 0 bridgehead atoms. The van der Waals surface area contributed by atoms with E-state index >= 15 is 0 Å². The average Bonchev–Trinajstić information content (AvgIpc) is 3.04. The SMILES string of the molecule is COC(=O)c1ccc(CN2CC(C(=O)N(C)Cc3ccc(Cl)c(Cl)c3)=C(O)C2=O)cc1. The number of hydrogen-bond acceptors (Lipinski definition) is 5. The zero-order valence-corrected chi connectivity index (χ0v) is 18.4. The lowest BCUT2D eigenvalue weighted by Gasteiger charge is -2.20. The number of amides is 2. The van der Waals surface area contributed by atoms with Gasteiger partial charge in [-0.1, -0.05) is 41.4 Å². The lowest BCUT2D eigenvalue weighted by atomic mass is 10.1. The van der Waals surface area contributed by atoms with Crippen LogP contribution in [0.25, 0.3) is 0 Å². The van der Waals surface area contributed by atoms with Crippen LogP contribution in [-0.2, 0) is 27.4 Å². The van der Waals surface area contributed by atoms with E-state index in [2.05, 4.69) is 4.74 Å². The van der Waals surface area contributed by atoms with E-state index in [1.807, 2.05) is 0 Å². The maximum atomic E-state index is 12.8. The van der Waals surface area contributed by atoms with E-state index in [1.54, 1.807) is 49.5 Å². The van der Waals surface area contributed by atoms with E-state index in [9.17, 15) is 19.5 Å². The molecule has 1 aliphatic heterocycles. The van der Waals surface area contributed by atoms with Crippen LogP contribution in [0.1, 0.15) is 21.5 Å². The molecule has 0 aliphatic carbocycles. The molecule has 0 radical (unpaired) electrons. The molecule has 1 N–H and O–H groups in total. The van der Waals surface area contributed by atoms with Gasteiger partial charge in [-0.25, -0.2) is 4.79 Å². The number of carbonyl (C=O) groups excluding carboxylic acids is 3. The summed E-state index contributed by atoms with van der Waals surface area (Å²) in [5.41, 5.74) is 1.92. The van der Waals surface area contributed by atoms with Crippen molar-refractivity contribution in [2.45, 2.75) is 13.1 Å². The highest BCUT2D eigenvalue weighted by Gasteiger charge is 2.35. The first-order chi connectivity index (χ1) is 14.7. The topological polar surface area (TPSA) is 87.2 Å². The third kappa shape index (κ3) is 5.00. The summed E-state index contributed by atoms with van der Waals surface area (Å²) in [6.07, 6.45) is 0. The van der Waals surface area contributed by atoms with Crippen molar-refractivity contribution in [2.75, 3.05) is 20.7 Å². The summed E-state index contributed by atoms with van der Waals surface area (Å²) in [4.78, 5) is 39.6. The molecule has 0 atom stereocenters. The van der Waals surface area contributed by atoms with Crippen molar-refractivity contribution in [3.05, 3.63) is 80.5 Å². The smallest absolute Gasteiger partial charge is 0.337 e. The first-order valence-corrected chi connectivity index (χ1v) is 10.0. The molecule has 2 aromatic carbocycles. The predicted octanol–water partition coefficient (Wildman–Crippen LogP) is 3.59. The van der Waals surface area contributed by atoms with Crippen molar-refractivity contribution >= 4 is 41.0 Å². The number of halogens is 2. The van der Waals surface area contributed by atoms with E-state index in [0.717, 1.165) is 11.1 Å². The zero-order chi connectivity index (χ0) is 22.7. The van der Waals surface area contributed by atoms with Gasteiger partial charge in [0.15, 0.2) is 5.76 Å². The van der Waals surface area contributed by atoms with Gasteiger partial charge in [-0.15, -0.1) is 0 Å². The van der Waals surface area contributed by atoms with Crippen LogP contribution in [0.2, 0.25) is 10.0 Å². The minimum atomic E-state index is -0.622. The van der Waals surface area contributed by atoms with Gasteiger partial charge < -0.3 is 19.6 Å². The summed E-state index contributed by atoms with van der Waals surface area (Å²) in [6.45, 7) is 0.390. The fourth-order valence-corrected chi connectivity index (χ4v) is 3.53. The molecule has 31 heavy (non-hydrogen) atoms. The Bertz CT molecular complexity index is 1070. The van der Waals surface area contributed by atoms with Crippen LogP contribution in [0.5, 0.6) is 0 Å². The molecule has 0 saturated carbocycles. The van der Waals surface area contributed by atoms with Crippen LogP contribution < -0.4 is 0 Å². The molecule has 162 valence electrons. The monoisotopic (exact) mass is 462 g/mol. The molecule has 1 heterocycles. The fraction of sp³-hybridized carbons (Fsp3) is 0.227. The normalized spacial score (nSPS) is 13.5. The summed E-state index contributed by atoms with van der Waals surface area (Å²) in [6, 6.07) is 11.6. The van der Waals surface area contributed by atoms with Gasteiger partial charge in [-0.2, -0.15) is 0 Å². The van der Waals surface area contributed by atoms with Crippen molar-refractivity contribution in [1.82, 2.24) is 9.80 Å². The van der Waals surface area contributed by atoms with Crippen molar-refractivity contribution in [2.24, 2.45) is 0 Å². The second-order valence-electron chi connectivity index (χ2n) is 7.09.